The highest BCUT2D eigenvalue weighted by Gasteiger charge is 2.20. The van der Waals surface area contributed by atoms with Crippen LogP contribution in [0.4, 0.5) is 34.9 Å². The first-order chi connectivity index (χ1) is 39.9. The third kappa shape index (κ3) is 16.1. The zero-order valence-corrected chi connectivity index (χ0v) is 47.8. The maximum Gasteiger partial charge on any atom is 0.332 e. The molecule has 6 rings (SSSR count). The zero-order chi connectivity index (χ0) is 64.3. The normalized spacial score (nSPS) is 9.31. The predicted molar refractivity (Wildman–Crippen MR) is 319 cm³/mol. The Balaban J connectivity index is 0.000000308. The molecule has 0 aromatic carbocycles. The maximum atomic E-state index is 12.3. The van der Waals surface area contributed by atoms with Crippen molar-refractivity contribution in [2.45, 2.75) is 6.42 Å². The van der Waals surface area contributed by atoms with Crippen molar-refractivity contribution in [2.75, 3.05) is 33.2 Å². The Morgan fingerprint density at radius 2 is 0.753 bits per heavy atom. The molecule has 6 heterocycles. The number of nitrogens with two attached hydrogens (primary N) is 3. The number of hydrogen-bond donors (Lipinski definition) is 6. The van der Waals surface area contributed by atoms with Gasteiger partial charge in [-0.15, -0.1) is 6.42 Å². The second-order valence-electron chi connectivity index (χ2n) is 17.1. The first-order valence-electron chi connectivity index (χ1n) is 23.7. The van der Waals surface area contributed by atoms with E-state index in [1.54, 1.807) is 0 Å². The Morgan fingerprint density at radius 1 is 0.424 bits per heavy atom. The van der Waals surface area contributed by atoms with Crippen LogP contribution in [0.2, 0.25) is 0 Å². The summed E-state index contributed by atoms with van der Waals surface area (Å²) in [6.07, 6.45) is 4.72. The Bertz CT molecular complexity index is 4920. The lowest BCUT2D eigenvalue weighted by Crippen LogP contribution is -2.43. The fourth-order valence-electron chi connectivity index (χ4n) is 6.55. The van der Waals surface area contributed by atoms with Gasteiger partial charge in [0, 0.05) is 151 Å². The average Bonchev–Trinajstić information content (AvgIpc) is 2.13. The van der Waals surface area contributed by atoms with Gasteiger partial charge in [-0.3, -0.25) is 88.9 Å². The third-order valence-electron chi connectivity index (χ3n) is 11.8. The summed E-state index contributed by atoms with van der Waals surface area (Å²) >= 11 is 0. The van der Waals surface area contributed by atoms with Gasteiger partial charge in [-0.2, -0.15) is 0 Å². The molecular weight excluding hydrogens is 1100 g/mol. The van der Waals surface area contributed by atoms with E-state index < -0.39 is 61.9 Å². The number of terminal acetylenes is 1. The van der Waals surface area contributed by atoms with E-state index >= 15 is 0 Å². The number of nitrogen functional groups attached to an aromatic ring is 3. The minimum atomic E-state index is -0.610. The Hall–Kier alpha value is -12.9. The van der Waals surface area contributed by atoms with Crippen LogP contribution in [0.3, 0.4) is 0 Å². The highest BCUT2D eigenvalue weighted by Crippen LogP contribution is 2.13. The standard InChI is InChI=1S/C18H18N6O4.C18H9N3O2.C13H18N6O4.C6H9N3O2/c1-6-7-8-9-12(19-13-10-15(25)23(4)17(27)21(13)2)20-14-11-16(26)24(5)18(28)22(14)3;1-4-5-6-7-8-9-10-11-12-13-14-19-16-15-17(22)21(3)18(23)20(16)2;1-16-8(14)6(10(20)18(3)12(16)22)5-7-9(15)17(2)13(23)19(4)11(7)21;1-8-4(7)3-5(10)9(2)6(8)11/h10-11,19-20H,1H2,2-5H3;1,15,19H,2-3H3;5,14-15H2,1-4H3;3H,7H2,1-2H3. The first-order valence-corrected chi connectivity index (χ1v) is 23.7. The summed E-state index contributed by atoms with van der Waals surface area (Å²) in [5.41, 5.74) is 21.0. The molecule has 0 saturated carbocycles. The summed E-state index contributed by atoms with van der Waals surface area (Å²) in [5, 5.41) is 8.25. The minimum absolute atomic E-state index is 0.0478. The van der Waals surface area contributed by atoms with Gasteiger partial charge in [0.25, 0.3) is 33.4 Å². The van der Waals surface area contributed by atoms with Gasteiger partial charge in [0.15, 0.2) is 5.82 Å². The molecule has 30 heteroatoms. The van der Waals surface area contributed by atoms with E-state index in [1.165, 1.54) is 127 Å². The number of aromatic nitrogens is 12. The van der Waals surface area contributed by atoms with Crippen molar-refractivity contribution in [3.8, 4) is 71.7 Å². The topological polar surface area (TPSA) is 378 Å². The second kappa shape index (κ2) is 29.4. The molecule has 0 aliphatic carbocycles. The van der Waals surface area contributed by atoms with E-state index in [1.807, 2.05) is 0 Å². The van der Waals surface area contributed by atoms with Gasteiger partial charge >= 0.3 is 34.1 Å². The van der Waals surface area contributed by atoms with Crippen LogP contribution in [-0.4, -0.2) is 54.8 Å². The molecule has 6 aromatic heterocycles. The summed E-state index contributed by atoms with van der Waals surface area (Å²) in [6, 6.07) is 7.39. The highest BCUT2D eigenvalue weighted by atomic mass is 16.2. The molecule has 85 heavy (non-hydrogen) atoms. The second-order valence-corrected chi connectivity index (χ2v) is 17.1. The van der Waals surface area contributed by atoms with Crippen LogP contribution in [0, 0.1) is 71.7 Å². The van der Waals surface area contributed by atoms with Crippen molar-refractivity contribution in [3.63, 3.8) is 0 Å². The zero-order valence-electron chi connectivity index (χ0n) is 47.8. The molecule has 30 nitrogen and oxygen atoms in total. The lowest BCUT2D eigenvalue weighted by atomic mass is 10.1. The summed E-state index contributed by atoms with van der Waals surface area (Å²) in [7, 11) is 17.0. The van der Waals surface area contributed by atoms with Gasteiger partial charge in [0.05, 0.1) is 11.1 Å². The third-order valence-corrected chi connectivity index (χ3v) is 11.8. The first kappa shape index (κ1) is 66.4. The van der Waals surface area contributed by atoms with Gasteiger partial charge < -0.3 is 27.8 Å². The fourth-order valence-corrected chi connectivity index (χ4v) is 6.55. The largest absolute Gasteiger partial charge is 0.385 e. The van der Waals surface area contributed by atoms with Crippen LogP contribution in [0.1, 0.15) is 11.1 Å². The number of nitrogens with zero attached hydrogens (tertiary/aromatic N) is 12. The monoisotopic (exact) mass is 1160 g/mol. The Kier molecular flexibility index (Phi) is 22.9. The van der Waals surface area contributed by atoms with Gasteiger partial charge in [0.2, 0.25) is 0 Å². The number of anilines is 6. The van der Waals surface area contributed by atoms with Crippen LogP contribution >= 0.6 is 0 Å². The number of hydrogen-bond acceptors (Lipinski definition) is 18. The molecule has 6 aromatic rings. The van der Waals surface area contributed by atoms with Gasteiger partial charge in [-0.25, -0.2) is 28.8 Å². The van der Waals surface area contributed by atoms with Crippen molar-refractivity contribution < 1.29 is 0 Å². The highest BCUT2D eigenvalue weighted by molar-refractivity contribution is 5.51. The Morgan fingerprint density at radius 3 is 1.14 bits per heavy atom. The smallest absolute Gasteiger partial charge is 0.332 e. The van der Waals surface area contributed by atoms with E-state index in [9.17, 15) is 57.5 Å². The van der Waals surface area contributed by atoms with Gasteiger partial charge in [-0.1, -0.05) is 5.73 Å². The van der Waals surface area contributed by atoms with Crippen molar-refractivity contribution in [2.24, 2.45) is 84.6 Å². The molecule has 0 atom stereocenters. The van der Waals surface area contributed by atoms with E-state index in [0.717, 1.165) is 36.5 Å². The molecule has 0 unspecified atom stereocenters. The molecular formula is C55H54N18O12. The van der Waals surface area contributed by atoms with Gasteiger partial charge in [0.1, 0.15) is 34.9 Å². The number of nitrogens with one attached hydrogen (secondary N) is 3. The molecule has 0 saturated heterocycles. The van der Waals surface area contributed by atoms with E-state index in [4.69, 9.17) is 23.6 Å². The summed E-state index contributed by atoms with van der Waals surface area (Å²) in [5.74, 6) is 24.7. The summed E-state index contributed by atoms with van der Waals surface area (Å²) in [4.78, 5) is 141. The van der Waals surface area contributed by atoms with E-state index in [-0.39, 0.29) is 63.8 Å². The number of rotatable bonds is 7. The van der Waals surface area contributed by atoms with Crippen molar-refractivity contribution in [3.05, 3.63) is 196 Å². The van der Waals surface area contributed by atoms with Crippen molar-refractivity contribution in [1.82, 2.24) is 54.8 Å². The van der Waals surface area contributed by atoms with Crippen LogP contribution in [-0.2, 0) is 91.0 Å². The van der Waals surface area contributed by atoms with Gasteiger partial charge in [-0.05, 0) is 53.4 Å². The van der Waals surface area contributed by atoms with Crippen LogP contribution in [0.15, 0.2) is 117 Å². The fraction of sp³-hybridized carbons (Fsp3) is 0.236. The van der Waals surface area contributed by atoms with Crippen molar-refractivity contribution >= 4 is 34.9 Å². The molecule has 9 N–H and O–H groups in total. The predicted octanol–water partition coefficient (Wildman–Crippen LogP) is -5.90. The molecule has 0 spiro atoms. The minimum Gasteiger partial charge on any atom is -0.385 e. The molecule has 436 valence electrons. The SMILES string of the molecule is C#CC#CC#CC#CC#CC#CNc1cc(=O)n(C)c(=O)n1C.C=C=C=C=C=C(Nc1cc(=O)n(C)c(=O)n1C)Nc1cc(=O)n(C)c(=O)n1C.Cn1c(N)c(Cc2c(N)n(C)c(=O)n(C)c2=O)c(=O)n(C)c1=O.Cn1c(N)cc(=O)n(C)c1=O. The maximum absolute atomic E-state index is 12.3. The van der Waals surface area contributed by atoms with Crippen LogP contribution < -0.4 is 101 Å². The summed E-state index contributed by atoms with van der Waals surface area (Å²) < 4.78 is 12.8. The van der Waals surface area contributed by atoms with E-state index in [2.05, 4.69) is 111 Å². The van der Waals surface area contributed by atoms with Crippen LogP contribution in [0.5, 0.6) is 0 Å². The lowest BCUT2D eigenvalue weighted by molar-refractivity contribution is 0.667. The summed E-state index contributed by atoms with van der Waals surface area (Å²) in [6.45, 7) is 3.35. The van der Waals surface area contributed by atoms with E-state index in [0.29, 0.717) is 0 Å². The van der Waals surface area contributed by atoms with Crippen molar-refractivity contribution in [1.29, 1.82) is 0 Å². The quantitative estimate of drug-likeness (QED) is 0.0492. The lowest BCUT2D eigenvalue weighted by Gasteiger charge is -2.16. The molecule has 0 radical (unpaired) electrons. The average molecular weight is 1160 g/mol. The molecule has 0 aliphatic heterocycles. The molecule has 0 bridgehead atoms. The molecule has 0 fully saturated rings. The molecule has 0 aliphatic rings. The van der Waals surface area contributed by atoms with Crippen LogP contribution in [0.25, 0.3) is 0 Å². The molecule has 0 amide bonds. The Labute approximate surface area is 479 Å².